The van der Waals surface area contributed by atoms with E-state index in [1.165, 1.54) is 0 Å². The van der Waals surface area contributed by atoms with E-state index in [0.29, 0.717) is 29.2 Å². The molecule has 4 rings (SSSR count). The van der Waals surface area contributed by atoms with Gasteiger partial charge < -0.3 is 24.4 Å². The molecule has 0 saturated carbocycles. The summed E-state index contributed by atoms with van der Waals surface area (Å²) in [5, 5.41) is 2.98. The van der Waals surface area contributed by atoms with Gasteiger partial charge in [0.25, 0.3) is 5.91 Å². The minimum Gasteiger partial charge on any atom is -0.497 e. The summed E-state index contributed by atoms with van der Waals surface area (Å²) < 4.78 is 16.4. The summed E-state index contributed by atoms with van der Waals surface area (Å²) in [5.41, 5.74) is 2.04. The molecule has 7 nitrogen and oxygen atoms in total. The van der Waals surface area contributed by atoms with Gasteiger partial charge in [-0.3, -0.25) is 9.59 Å². The van der Waals surface area contributed by atoms with Crippen molar-refractivity contribution in [3.8, 4) is 11.5 Å². The summed E-state index contributed by atoms with van der Waals surface area (Å²) in [7, 11) is 3.17. The molecule has 0 radical (unpaired) electrons. The molecule has 2 atom stereocenters. The third-order valence-corrected chi connectivity index (χ3v) is 5.66. The van der Waals surface area contributed by atoms with Crippen LogP contribution >= 0.6 is 0 Å². The van der Waals surface area contributed by atoms with Crippen LogP contribution in [-0.4, -0.2) is 50.2 Å². The quantitative estimate of drug-likeness (QED) is 0.760. The molecular weight excluding hydrogens is 384 g/mol. The van der Waals surface area contributed by atoms with Crippen molar-refractivity contribution in [1.82, 2.24) is 10.2 Å². The fraction of sp³-hybridized carbons (Fsp3) is 0.391. The molecule has 2 heterocycles. The van der Waals surface area contributed by atoms with Gasteiger partial charge in [0.2, 0.25) is 5.91 Å². The number of carbonyl (C=O) groups is 2. The maximum absolute atomic E-state index is 13.2. The molecule has 1 saturated heterocycles. The first-order valence-corrected chi connectivity index (χ1v) is 10.1. The van der Waals surface area contributed by atoms with E-state index in [4.69, 9.17) is 14.2 Å². The first kappa shape index (κ1) is 20.2. The molecule has 2 aliphatic heterocycles. The standard InChI is InChI=1S/C23H26N2O5/c1-28-16-9-10-20(29-2)15(12-16)14-25-21(18-7-3-4-8-19(18)23(25)27)22(26)24-13-17-6-5-11-30-17/h3-4,7-10,12,17,21H,5-6,11,13-14H2,1-2H3,(H,24,26)/t17-,21+/m0/s1. The van der Waals surface area contributed by atoms with Crippen LogP contribution in [0.1, 0.15) is 40.4 Å². The predicted molar refractivity (Wildman–Crippen MR) is 111 cm³/mol. The Morgan fingerprint density at radius 2 is 2.03 bits per heavy atom. The number of ether oxygens (including phenoxy) is 3. The van der Waals surface area contributed by atoms with E-state index in [1.54, 1.807) is 37.3 Å². The van der Waals surface area contributed by atoms with Crippen molar-refractivity contribution < 1.29 is 23.8 Å². The summed E-state index contributed by atoms with van der Waals surface area (Å²) in [6.45, 7) is 1.40. The highest BCUT2D eigenvalue weighted by molar-refractivity contribution is 6.04. The predicted octanol–water partition coefficient (Wildman–Crippen LogP) is 2.70. The SMILES string of the molecule is COc1ccc(OC)c(CN2C(=O)c3ccccc3[C@@H]2C(=O)NC[C@@H]2CCCO2)c1. The lowest BCUT2D eigenvalue weighted by atomic mass is 10.0. The molecule has 0 aliphatic carbocycles. The Balaban J connectivity index is 1.62. The second kappa shape index (κ2) is 8.75. The lowest BCUT2D eigenvalue weighted by Gasteiger charge is -2.26. The number of hydrogen-bond acceptors (Lipinski definition) is 5. The van der Waals surface area contributed by atoms with Crippen molar-refractivity contribution in [2.45, 2.75) is 31.5 Å². The Bertz CT molecular complexity index is 939. The largest absolute Gasteiger partial charge is 0.497 e. The molecule has 1 N–H and O–H groups in total. The number of methoxy groups -OCH3 is 2. The number of benzene rings is 2. The molecule has 2 aromatic rings. The third-order valence-electron chi connectivity index (χ3n) is 5.66. The van der Waals surface area contributed by atoms with Crippen LogP contribution in [-0.2, 0) is 16.1 Å². The van der Waals surface area contributed by atoms with Crippen molar-refractivity contribution in [3.05, 3.63) is 59.2 Å². The van der Waals surface area contributed by atoms with Gasteiger partial charge in [-0.25, -0.2) is 0 Å². The molecule has 2 aromatic carbocycles. The van der Waals surface area contributed by atoms with Crippen molar-refractivity contribution in [2.24, 2.45) is 0 Å². The Kier molecular flexibility index (Phi) is 5.90. The molecule has 1 fully saturated rings. The van der Waals surface area contributed by atoms with Crippen LogP contribution in [0.15, 0.2) is 42.5 Å². The lowest BCUT2D eigenvalue weighted by Crippen LogP contribution is -2.41. The highest BCUT2D eigenvalue weighted by atomic mass is 16.5. The third kappa shape index (κ3) is 3.85. The van der Waals surface area contributed by atoms with Crippen molar-refractivity contribution in [3.63, 3.8) is 0 Å². The molecule has 0 bridgehead atoms. The fourth-order valence-electron chi connectivity index (χ4n) is 4.12. The zero-order valence-electron chi connectivity index (χ0n) is 17.2. The van der Waals surface area contributed by atoms with Crippen LogP contribution < -0.4 is 14.8 Å². The van der Waals surface area contributed by atoms with Crippen LogP contribution in [0, 0.1) is 0 Å². The highest BCUT2D eigenvalue weighted by Crippen LogP contribution is 2.37. The maximum Gasteiger partial charge on any atom is 0.255 e. The zero-order valence-corrected chi connectivity index (χ0v) is 17.2. The molecule has 0 aromatic heterocycles. The van der Waals surface area contributed by atoms with E-state index in [-0.39, 0.29) is 24.5 Å². The Labute approximate surface area is 175 Å². The van der Waals surface area contributed by atoms with Gasteiger partial charge in [-0.15, -0.1) is 0 Å². The van der Waals surface area contributed by atoms with E-state index >= 15 is 0 Å². The number of nitrogens with one attached hydrogen (secondary N) is 1. The van der Waals surface area contributed by atoms with E-state index in [2.05, 4.69) is 5.32 Å². The van der Waals surface area contributed by atoms with Crippen LogP contribution in [0.25, 0.3) is 0 Å². The summed E-state index contributed by atoms with van der Waals surface area (Å²) in [6.07, 6.45) is 1.98. The van der Waals surface area contributed by atoms with E-state index in [1.807, 2.05) is 24.3 Å². The number of nitrogens with zero attached hydrogens (tertiary/aromatic N) is 1. The van der Waals surface area contributed by atoms with Gasteiger partial charge in [-0.2, -0.15) is 0 Å². The summed E-state index contributed by atoms with van der Waals surface area (Å²) in [4.78, 5) is 27.9. The molecule has 30 heavy (non-hydrogen) atoms. The topological polar surface area (TPSA) is 77.1 Å². The first-order chi connectivity index (χ1) is 14.6. The van der Waals surface area contributed by atoms with Gasteiger partial charge >= 0.3 is 0 Å². The van der Waals surface area contributed by atoms with Crippen LogP contribution in [0.2, 0.25) is 0 Å². The van der Waals surface area contributed by atoms with Gasteiger partial charge in [0.1, 0.15) is 17.5 Å². The highest BCUT2D eigenvalue weighted by Gasteiger charge is 2.41. The average Bonchev–Trinajstić information content (AvgIpc) is 3.39. The summed E-state index contributed by atoms with van der Waals surface area (Å²) in [5.74, 6) is 0.922. The van der Waals surface area contributed by atoms with Crippen molar-refractivity contribution >= 4 is 11.8 Å². The minimum absolute atomic E-state index is 0.0354. The van der Waals surface area contributed by atoms with Crippen molar-refractivity contribution in [2.75, 3.05) is 27.4 Å². The number of carbonyl (C=O) groups excluding carboxylic acids is 2. The number of amides is 2. The van der Waals surface area contributed by atoms with Gasteiger partial charge in [0, 0.05) is 24.3 Å². The molecule has 7 heteroatoms. The normalized spacial score (nSPS) is 20.2. The van der Waals surface area contributed by atoms with Gasteiger partial charge in [0.15, 0.2) is 0 Å². The zero-order chi connectivity index (χ0) is 21.1. The second-order valence-corrected chi connectivity index (χ2v) is 7.48. The van der Waals surface area contributed by atoms with Gasteiger partial charge in [0.05, 0.1) is 26.9 Å². The molecular formula is C23H26N2O5. The Morgan fingerprint density at radius 3 is 2.77 bits per heavy atom. The Hall–Kier alpha value is -3.06. The van der Waals surface area contributed by atoms with E-state index in [0.717, 1.165) is 25.0 Å². The first-order valence-electron chi connectivity index (χ1n) is 10.1. The average molecular weight is 410 g/mol. The fourth-order valence-corrected chi connectivity index (χ4v) is 4.12. The van der Waals surface area contributed by atoms with E-state index in [9.17, 15) is 9.59 Å². The minimum atomic E-state index is -0.703. The second-order valence-electron chi connectivity index (χ2n) is 7.48. The van der Waals surface area contributed by atoms with E-state index < -0.39 is 6.04 Å². The summed E-state index contributed by atoms with van der Waals surface area (Å²) >= 11 is 0. The van der Waals surface area contributed by atoms with Gasteiger partial charge in [-0.1, -0.05) is 18.2 Å². The molecule has 2 amide bonds. The number of rotatable bonds is 7. The lowest BCUT2D eigenvalue weighted by molar-refractivity contribution is -0.126. The van der Waals surface area contributed by atoms with Crippen LogP contribution in [0.5, 0.6) is 11.5 Å². The summed E-state index contributed by atoms with van der Waals surface area (Å²) in [6, 6.07) is 12.0. The molecule has 0 spiro atoms. The maximum atomic E-state index is 13.2. The number of hydrogen-bond donors (Lipinski definition) is 1. The molecule has 158 valence electrons. The van der Waals surface area contributed by atoms with Crippen LogP contribution in [0.3, 0.4) is 0 Å². The number of fused-ring (bicyclic) bond motifs is 1. The molecule has 2 aliphatic rings. The molecule has 0 unspecified atom stereocenters. The van der Waals surface area contributed by atoms with Crippen LogP contribution in [0.4, 0.5) is 0 Å². The smallest absolute Gasteiger partial charge is 0.255 e. The van der Waals surface area contributed by atoms with Gasteiger partial charge in [-0.05, 0) is 42.7 Å². The van der Waals surface area contributed by atoms with Crippen molar-refractivity contribution in [1.29, 1.82) is 0 Å². The Morgan fingerprint density at radius 1 is 1.20 bits per heavy atom. The monoisotopic (exact) mass is 410 g/mol.